The average Bonchev–Trinajstić information content (AvgIpc) is 2.88. The zero-order valence-electron chi connectivity index (χ0n) is 10.2. The molecular weight excluding hydrogens is 255 g/mol. The van der Waals surface area contributed by atoms with Crippen molar-refractivity contribution in [3.05, 3.63) is 34.6 Å². The number of ether oxygens (including phenoxy) is 1. The third-order valence-corrected chi connectivity index (χ3v) is 3.50. The zero-order valence-corrected chi connectivity index (χ0v) is 10.9. The lowest BCUT2D eigenvalue weighted by molar-refractivity contribution is 0.107. The summed E-state index contributed by atoms with van der Waals surface area (Å²) >= 11 is 5.77. The van der Waals surface area contributed by atoms with Crippen LogP contribution in [0, 0.1) is 5.82 Å². The molecule has 0 aromatic heterocycles. The van der Waals surface area contributed by atoms with Gasteiger partial charge in [0.2, 0.25) is 0 Å². The molecule has 3 nitrogen and oxygen atoms in total. The van der Waals surface area contributed by atoms with E-state index in [-0.39, 0.29) is 17.2 Å². The summed E-state index contributed by atoms with van der Waals surface area (Å²) in [6.45, 7) is 1.82. The van der Waals surface area contributed by atoms with Crippen molar-refractivity contribution in [3.63, 3.8) is 0 Å². The van der Waals surface area contributed by atoms with Gasteiger partial charge in [-0.3, -0.25) is 0 Å². The van der Waals surface area contributed by atoms with Gasteiger partial charge in [0, 0.05) is 31.3 Å². The third-order valence-electron chi connectivity index (χ3n) is 3.21. The lowest BCUT2D eigenvalue weighted by Gasteiger charge is -2.20. The second-order valence-electron chi connectivity index (χ2n) is 4.47. The maximum Gasteiger partial charge on any atom is 0.146 e. The van der Waals surface area contributed by atoms with Crippen LogP contribution in [0.25, 0.3) is 0 Å². The molecule has 1 aliphatic rings. The second kappa shape index (κ2) is 6.48. The molecule has 1 aromatic carbocycles. The molecule has 0 radical (unpaired) electrons. The summed E-state index contributed by atoms with van der Waals surface area (Å²) in [6.07, 6.45) is 2.34. The Labute approximate surface area is 111 Å². The predicted octanol–water partition coefficient (Wildman–Crippen LogP) is 2.25. The van der Waals surface area contributed by atoms with Crippen LogP contribution in [0.5, 0.6) is 0 Å². The van der Waals surface area contributed by atoms with Gasteiger partial charge in [-0.15, -0.1) is 0 Å². The molecule has 2 rings (SSSR count). The molecule has 1 fully saturated rings. The van der Waals surface area contributed by atoms with E-state index in [9.17, 15) is 4.39 Å². The Hall–Kier alpha value is -0.680. The Balaban J connectivity index is 2.00. The Bertz CT molecular complexity index is 397. The number of hydrogen-bond acceptors (Lipinski definition) is 3. The molecule has 0 aliphatic carbocycles. The van der Waals surface area contributed by atoms with E-state index in [0.717, 1.165) is 19.4 Å². The Kier molecular flexibility index (Phi) is 4.95. The highest BCUT2D eigenvalue weighted by Crippen LogP contribution is 2.23. The molecule has 18 heavy (non-hydrogen) atoms. The van der Waals surface area contributed by atoms with E-state index in [1.165, 1.54) is 6.07 Å². The molecule has 0 spiro atoms. The molecule has 0 saturated carbocycles. The smallest absolute Gasteiger partial charge is 0.146 e. The minimum Gasteiger partial charge on any atom is -0.377 e. The maximum atomic E-state index is 13.9. The summed E-state index contributed by atoms with van der Waals surface area (Å²) < 4.78 is 19.4. The fourth-order valence-corrected chi connectivity index (χ4v) is 2.37. The zero-order chi connectivity index (χ0) is 13.0. The molecule has 5 heteroatoms. The van der Waals surface area contributed by atoms with Crippen molar-refractivity contribution >= 4 is 11.6 Å². The first-order chi connectivity index (χ1) is 8.72. The molecule has 0 bridgehead atoms. The van der Waals surface area contributed by atoms with Crippen LogP contribution in [0.4, 0.5) is 4.39 Å². The summed E-state index contributed by atoms with van der Waals surface area (Å²) in [4.78, 5) is 0. The number of nitrogens with two attached hydrogens (primary N) is 1. The normalized spacial score (nSPS) is 21.2. The quantitative estimate of drug-likeness (QED) is 0.864. The van der Waals surface area contributed by atoms with E-state index in [1.807, 2.05) is 0 Å². The SMILES string of the molecule is NCC(NCC1CCCO1)c1cccc(Cl)c1F. The molecule has 1 aliphatic heterocycles. The van der Waals surface area contributed by atoms with Crippen LogP contribution in [0.3, 0.4) is 0 Å². The summed E-state index contributed by atoms with van der Waals surface area (Å²) in [6, 6.07) is 4.75. The average molecular weight is 273 g/mol. The van der Waals surface area contributed by atoms with E-state index in [4.69, 9.17) is 22.1 Å². The highest BCUT2D eigenvalue weighted by Gasteiger charge is 2.20. The number of rotatable bonds is 5. The van der Waals surface area contributed by atoms with Crippen LogP contribution in [-0.2, 0) is 4.74 Å². The highest BCUT2D eigenvalue weighted by atomic mass is 35.5. The van der Waals surface area contributed by atoms with Crippen LogP contribution in [-0.4, -0.2) is 25.8 Å². The van der Waals surface area contributed by atoms with Gasteiger partial charge in [0.05, 0.1) is 11.1 Å². The number of nitrogens with one attached hydrogen (secondary N) is 1. The minimum atomic E-state index is -0.394. The number of benzene rings is 1. The van der Waals surface area contributed by atoms with E-state index >= 15 is 0 Å². The fourth-order valence-electron chi connectivity index (χ4n) is 2.19. The first-order valence-corrected chi connectivity index (χ1v) is 6.59. The topological polar surface area (TPSA) is 47.3 Å². The van der Waals surface area contributed by atoms with Gasteiger partial charge in [-0.25, -0.2) is 4.39 Å². The molecule has 1 saturated heterocycles. The van der Waals surface area contributed by atoms with Crippen LogP contribution >= 0.6 is 11.6 Å². The first kappa shape index (κ1) is 13.7. The molecule has 1 heterocycles. The van der Waals surface area contributed by atoms with Crippen LogP contribution < -0.4 is 11.1 Å². The van der Waals surface area contributed by atoms with Crippen molar-refractivity contribution in [3.8, 4) is 0 Å². The highest BCUT2D eigenvalue weighted by molar-refractivity contribution is 6.30. The van der Waals surface area contributed by atoms with Gasteiger partial charge in [0.1, 0.15) is 5.82 Å². The molecule has 2 atom stereocenters. The summed E-state index contributed by atoms with van der Waals surface area (Å²) in [5.41, 5.74) is 6.21. The van der Waals surface area contributed by atoms with Gasteiger partial charge in [-0.1, -0.05) is 23.7 Å². The monoisotopic (exact) mass is 272 g/mol. The second-order valence-corrected chi connectivity index (χ2v) is 4.88. The van der Waals surface area contributed by atoms with Gasteiger partial charge in [0.25, 0.3) is 0 Å². The Morgan fingerprint density at radius 3 is 3.06 bits per heavy atom. The maximum absolute atomic E-state index is 13.9. The van der Waals surface area contributed by atoms with Crippen molar-refractivity contribution in [2.75, 3.05) is 19.7 Å². The third kappa shape index (κ3) is 3.20. The number of hydrogen-bond donors (Lipinski definition) is 2. The van der Waals surface area contributed by atoms with Crippen molar-refractivity contribution in [2.24, 2.45) is 5.73 Å². The Morgan fingerprint density at radius 2 is 2.39 bits per heavy atom. The minimum absolute atomic E-state index is 0.130. The predicted molar refractivity (Wildman–Crippen MR) is 70.2 cm³/mol. The largest absolute Gasteiger partial charge is 0.377 e. The summed E-state index contributed by atoms with van der Waals surface area (Å²) in [5.74, 6) is -0.394. The molecule has 1 aromatic rings. The lowest BCUT2D eigenvalue weighted by Crippen LogP contribution is -2.34. The van der Waals surface area contributed by atoms with Gasteiger partial charge >= 0.3 is 0 Å². The van der Waals surface area contributed by atoms with Crippen molar-refractivity contribution in [2.45, 2.75) is 25.0 Å². The van der Waals surface area contributed by atoms with E-state index in [2.05, 4.69) is 5.32 Å². The van der Waals surface area contributed by atoms with Crippen molar-refractivity contribution < 1.29 is 9.13 Å². The van der Waals surface area contributed by atoms with Gasteiger partial charge in [0.15, 0.2) is 0 Å². The van der Waals surface area contributed by atoms with Crippen molar-refractivity contribution in [1.29, 1.82) is 0 Å². The van der Waals surface area contributed by atoms with Gasteiger partial charge in [-0.05, 0) is 18.9 Å². The lowest BCUT2D eigenvalue weighted by atomic mass is 10.1. The van der Waals surface area contributed by atoms with Crippen molar-refractivity contribution in [1.82, 2.24) is 5.32 Å². The molecular formula is C13H18ClFN2O. The summed E-state index contributed by atoms with van der Waals surface area (Å²) in [7, 11) is 0. The van der Waals surface area contributed by atoms with Crippen LogP contribution in [0.2, 0.25) is 5.02 Å². The van der Waals surface area contributed by atoms with Crippen LogP contribution in [0.15, 0.2) is 18.2 Å². The molecule has 3 N–H and O–H groups in total. The van der Waals surface area contributed by atoms with Gasteiger partial charge in [-0.2, -0.15) is 0 Å². The van der Waals surface area contributed by atoms with E-state index in [1.54, 1.807) is 12.1 Å². The first-order valence-electron chi connectivity index (χ1n) is 6.21. The summed E-state index contributed by atoms with van der Waals surface area (Å²) in [5, 5.41) is 3.38. The van der Waals surface area contributed by atoms with E-state index < -0.39 is 5.82 Å². The van der Waals surface area contributed by atoms with Gasteiger partial charge < -0.3 is 15.8 Å². The van der Waals surface area contributed by atoms with E-state index in [0.29, 0.717) is 18.7 Å². The number of halogens is 2. The Morgan fingerprint density at radius 1 is 1.56 bits per heavy atom. The standard InChI is InChI=1S/C13H18ClFN2O/c14-11-5-1-4-10(13(11)15)12(7-16)17-8-9-3-2-6-18-9/h1,4-5,9,12,17H,2-3,6-8,16H2. The molecule has 2 unspecified atom stereocenters. The molecule has 100 valence electrons. The molecule has 0 amide bonds. The van der Waals surface area contributed by atoms with Crippen LogP contribution in [0.1, 0.15) is 24.4 Å². The fraction of sp³-hybridized carbons (Fsp3) is 0.538.